The Balaban J connectivity index is -0.000000187. The predicted octanol–water partition coefficient (Wildman–Crippen LogP) is -0.340. The first-order chi connectivity index (χ1) is 8.42. The van der Waals surface area contributed by atoms with Gasteiger partial charge in [0.15, 0.2) is 0 Å². The molecule has 108 valence electrons. The van der Waals surface area contributed by atoms with E-state index < -0.39 is 6.09 Å². The van der Waals surface area contributed by atoms with Crippen molar-refractivity contribution in [3.63, 3.8) is 0 Å². The van der Waals surface area contributed by atoms with Gasteiger partial charge in [-0.1, -0.05) is 6.92 Å². The van der Waals surface area contributed by atoms with Crippen LogP contribution in [0.3, 0.4) is 0 Å². The highest BCUT2D eigenvalue weighted by Gasteiger charge is 1.85. The predicted molar refractivity (Wildman–Crippen MR) is 69.3 cm³/mol. The number of hydrogen-bond acceptors (Lipinski definition) is 4. The average molecular weight is 264 g/mol. The van der Waals surface area contributed by atoms with Crippen LogP contribution in [0.4, 0.5) is 9.59 Å². The maximum absolute atomic E-state index is 10.1. The molecule has 0 atom stereocenters. The van der Waals surface area contributed by atoms with Gasteiger partial charge < -0.3 is 26.0 Å². The lowest BCUT2D eigenvalue weighted by Crippen LogP contribution is -2.28. The van der Waals surface area contributed by atoms with Crippen molar-refractivity contribution in [1.82, 2.24) is 21.3 Å². The average Bonchev–Trinajstić information content (AvgIpc) is 2.45. The summed E-state index contributed by atoms with van der Waals surface area (Å²) in [6.45, 7) is 1.82. The fourth-order valence-electron chi connectivity index (χ4n) is 0.404. The summed E-state index contributed by atoms with van der Waals surface area (Å²) in [4.78, 5) is 29.9. The Kier molecular flexibility index (Phi) is 20.6. The van der Waals surface area contributed by atoms with Gasteiger partial charge in [0.25, 0.3) is 0 Å². The van der Waals surface area contributed by atoms with Gasteiger partial charge in [-0.3, -0.25) is 4.79 Å². The van der Waals surface area contributed by atoms with Crippen molar-refractivity contribution in [3.05, 3.63) is 0 Å². The zero-order valence-electron chi connectivity index (χ0n) is 11.8. The maximum Gasteiger partial charge on any atom is 0.406 e. The molecule has 0 heterocycles. The van der Waals surface area contributed by atoms with Gasteiger partial charge in [-0.05, 0) is 0 Å². The third-order valence-electron chi connectivity index (χ3n) is 1.44. The summed E-state index contributed by atoms with van der Waals surface area (Å²) in [5.74, 6) is 0.0926. The van der Waals surface area contributed by atoms with Gasteiger partial charge in [0.2, 0.25) is 5.91 Å². The van der Waals surface area contributed by atoms with Gasteiger partial charge in [-0.15, -0.1) is 0 Å². The summed E-state index contributed by atoms with van der Waals surface area (Å²) >= 11 is 0. The molecule has 0 unspecified atom stereocenters. The van der Waals surface area contributed by atoms with E-state index in [4.69, 9.17) is 0 Å². The largest absolute Gasteiger partial charge is 0.453 e. The molecule has 0 aliphatic rings. The van der Waals surface area contributed by atoms with Crippen LogP contribution >= 0.6 is 0 Å². The molecule has 0 spiro atoms. The summed E-state index contributed by atoms with van der Waals surface area (Å²) < 4.78 is 4.15. The van der Waals surface area contributed by atoms with Crippen LogP contribution in [0.2, 0.25) is 0 Å². The third-order valence-corrected chi connectivity index (χ3v) is 1.44. The quantitative estimate of drug-likeness (QED) is 0.519. The minimum Gasteiger partial charge on any atom is -0.453 e. The highest BCUT2D eigenvalue weighted by molar-refractivity contribution is 5.75. The second kappa shape index (κ2) is 17.4. The Morgan fingerprint density at radius 2 is 1.33 bits per heavy atom. The molecule has 0 bridgehead atoms. The Hall–Kier alpha value is -1.99. The molecule has 0 rings (SSSR count). The van der Waals surface area contributed by atoms with E-state index in [1.807, 2.05) is 6.92 Å². The van der Waals surface area contributed by atoms with Gasteiger partial charge in [-0.2, -0.15) is 0 Å². The van der Waals surface area contributed by atoms with Gasteiger partial charge in [0, 0.05) is 34.6 Å². The topological polar surface area (TPSA) is 109 Å². The van der Waals surface area contributed by atoms with Crippen LogP contribution in [0.25, 0.3) is 0 Å². The summed E-state index contributed by atoms with van der Waals surface area (Å²) in [5, 5.41) is 9.46. The smallest absolute Gasteiger partial charge is 0.406 e. The molecule has 0 aliphatic heterocycles. The number of carbonyl (C=O) groups is 3. The minimum atomic E-state index is -0.407. The van der Waals surface area contributed by atoms with Crippen molar-refractivity contribution in [2.45, 2.75) is 13.3 Å². The van der Waals surface area contributed by atoms with Gasteiger partial charge in [-0.25, -0.2) is 9.59 Å². The Morgan fingerprint density at radius 1 is 0.889 bits per heavy atom. The van der Waals surface area contributed by atoms with Crippen LogP contribution in [0.1, 0.15) is 13.3 Å². The lowest BCUT2D eigenvalue weighted by Gasteiger charge is -1.91. The highest BCUT2D eigenvalue weighted by atomic mass is 16.5. The van der Waals surface area contributed by atoms with Crippen LogP contribution in [0, 0.1) is 0 Å². The summed E-state index contributed by atoms with van der Waals surface area (Å²) in [7, 11) is 7.59. The molecule has 0 saturated carbocycles. The van der Waals surface area contributed by atoms with E-state index in [0.29, 0.717) is 6.42 Å². The number of amides is 4. The van der Waals surface area contributed by atoms with Gasteiger partial charge >= 0.3 is 12.1 Å². The highest BCUT2D eigenvalue weighted by Crippen LogP contribution is 1.68. The molecular weight excluding hydrogens is 240 g/mol. The van der Waals surface area contributed by atoms with Crippen molar-refractivity contribution in [1.29, 1.82) is 0 Å². The number of urea groups is 1. The molecular formula is C10H24N4O4. The maximum atomic E-state index is 10.1. The first-order valence-corrected chi connectivity index (χ1v) is 5.29. The summed E-state index contributed by atoms with van der Waals surface area (Å²) in [6, 6.07) is -0.157. The molecule has 0 aromatic heterocycles. The van der Waals surface area contributed by atoms with Crippen molar-refractivity contribution in [2.24, 2.45) is 0 Å². The molecule has 8 heteroatoms. The number of hydrogen-bond donors (Lipinski definition) is 4. The van der Waals surface area contributed by atoms with E-state index >= 15 is 0 Å². The van der Waals surface area contributed by atoms with Crippen molar-refractivity contribution < 1.29 is 19.1 Å². The number of alkyl carbamates (subject to hydrolysis) is 1. The standard InChI is InChI=1S/C4H9NO.C3H8N2O.C3H7NO2/c1-3-4(6)5-2;1-4-3(6)5-2;1-4-3(5)6-2/h3H2,1-2H3,(H,5,6);1-2H3,(H2,4,5,6);1-2H3,(H,4,5). The van der Waals surface area contributed by atoms with Gasteiger partial charge in [0.1, 0.15) is 0 Å². The number of nitrogens with one attached hydrogen (secondary N) is 4. The van der Waals surface area contributed by atoms with Crippen molar-refractivity contribution in [3.8, 4) is 0 Å². The second-order valence-electron chi connectivity index (χ2n) is 2.60. The number of methoxy groups -OCH3 is 1. The van der Waals surface area contributed by atoms with E-state index in [1.165, 1.54) is 14.2 Å². The van der Waals surface area contributed by atoms with E-state index in [2.05, 4.69) is 26.0 Å². The molecule has 4 amide bonds. The Morgan fingerprint density at radius 3 is 1.33 bits per heavy atom. The normalized spacial score (nSPS) is 7.22. The minimum absolute atomic E-state index is 0.0926. The zero-order chi connectivity index (χ0) is 15.0. The molecule has 0 fully saturated rings. The van der Waals surface area contributed by atoms with Gasteiger partial charge in [0.05, 0.1) is 7.11 Å². The first-order valence-electron chi connectivity index (χ1n) is 5.29. The van der Waals surface area contributed by atoms with Crippen molar-refractivity contribution in [2.75, 3.05) is 35.3 Å². The van der Waals surface area contributed by atoms with E-state index in [-0.39, 0.29) is 11.9 Å². The summed E-state index contributed by atoms with van der Waals surface area (Å²) in [5.41, 5.74) is 0. The zero-order valence-corrected chi connectivity index (χ0v) is 11.8. The molecule has 4 N–H and O–H groups in total. The van der Waals surface area contributed by atoms with Crippen LogP contribution in [-0.2, 0) is 9.53 Å². The SMILES string of the molecule is CCC(=O)NC.CNC(=O)NC.CNC(=O)OC. The molecule has 8 nitrogen and oxygen atoms in total. The molecule has 0 aromatic carbocycles. The lowest BCUT2D eigenvalue weighted by atomic mass is 10.5. The van der Waals surface area contributed by atoms with Crippen molar-refractivity contribution >= 4 is 18.0 Å². The molecule has 0 aliphatic carbocycles. The molecule has 18 heavy (non-hydrogen) atoms. The van der Waals surface area contributed by atoms with Crippen LogP contribution in [0.15, 0.2) is 0 Å². The molecule has 0 saturated heterocycles. The monoisotopic (exact) mass is 264 g/mol. The van der Waals surface area contributed by atoms with E-state index in [0.717, 1.165) is 0 Å². The number of rotatable bonds is 1. The second-order valence-corrected chi connectivity index (χ2v) is 2.60. The molecule has 0 radical (unpaired) electrons. The fourth-order valence-corrected chi connectivity index (χ4v) is 0.404. The first kappa shape index (κ1) is 21.3. The number of carbonyl (C=O) groups excluding carboxylic acids is 3. The summed E-state index contributed by atoms with van der Waals surface area (Å²) in [6.07, 6.45) is 0.172. The van der Waals surface area contributed by atoms with Crippen LogP contribution in [0.5, 0.6) is 0 Å². The van der Waals surface area contributed by atoms with E-state index in [9.17, 15) is 14.4 Å². The Bertz CT molecular complexity index is 178. The Labute approximate surface area is 108 Å². The van der Waals surface area contributed by atoms with E-state index in [1.54, 1.807) is 21.1 Å². The number of ether oxygens (including phenoxy) is 1. The third kappa shape index (κ3) is 23.7. The van der Waals surface area contributed by atoms with Crippen LogP contribution in [-0.4, -0.2) is 53.3 Å². The fraction of sp³-hybridized carbons (Fsp3) is 0.700. The lowest BCUT2D eigenvalue weighted by molar-refractivity contribution is -0.120. The molecule has 0 aromatic rings. The van der Waals surface area contributed by atoms with Crippen LogP contribution < -0.4 is 21.3 Å².